The van der Waals surface area contributed by atoms with Gasteiger partial charge >= 0.3 is 5.97 Å². The number of aliphatic hydroxyl groups excluding tert-OH is 1. The maximum atomic E-state index is 13.0. The van der Waals surface area contributed by atoms with E-state index in [-0.39, 0.29) is 30.8 Å². The number of hydrogen-bond acceptors (Lipinski definition) is 6. The number of aliphatic hydroxyl groups is 1. The molecule has 1 aromatic carbocycles. The standard InChI is InChI=1S/C17H23NO7S/c1-2-6-17(16(20)21)11-18(7-5-15(17)19)26(22,23)12-3-4-13-14(10-12)25-9-8-24-13/h3-4,10,15,19H,2,5-9,11H2,1H3,(H,20,21)/t15-,17-/m1/s1. The van der Waals surface area contributed by atoms with Crippen LogP contribution < -0.4 is 9.47 Å². The van der Waals surface area contributed by atoms with E-state index in [1.54, 1.807) is 0 Å². The van der Waals surface area contributed by atoms with E-state index < -0.39 is 27.5 Å². The molecule has 0 unspecified atom stereocenters. The molecule has 0 aliphatic carbocycles. The van der Waals surface area contributed by atoms with Crippen LogP contribution in [-0.4, -0.2) is 61.3 Å². The van der Waals surface area contributed by atoms with Crippen LogP contribution in [-0.2, 0) is 14.8 Å². The van der Waals surface area contributed by atoms with Crippen molar-refractivity contribution in [2.45, 2.75) is 37.2 Å². The Bertz CT molecular complexity index is 794. The smallest absolute Gasteiger partial charge is 0.313 e. The Kier molecular flexibility index (Phi) is 5.14. The van der Waals surface area contributed by atoms with Gasteiger partial charge in [-0.1, -0.05) is 13.3 Å². The highest BCUT2D eigenvalue weighted by Crippen LogP contribution is 2.39. The molecule has 1 saturated heterocycles. The average Bonchev–Trinajstić information content (AvgIpc) is 2.63. The summed E-state index contributed by atoms with van der Waals surface area (Å²) in [4.78, 5) is 11.9. The summed E-state index contributed by atoms with van der Waals surface area (Å²) in [7, 11) is -3.92. The second kappa shape index (κ2) is 7.05. The monoisotopic (exact) mass is 385 g/mol. The third-order valence-corrected chi connectivity index (χ3v) is 6.86. The number of aliphatic carboxylic acids is 1. The van der Waals surface area contributed by atoms with Crippen LogP contribution in [0.4, 0.5) is 0 Å². The van der Waals surface area contributed by atoms with Gasteiger partial charge in [-0.25, -0.2) is 8.42 Å². The highest BCUT2D eigenvalue weighted by atomic mass is 32.2. The van der Waals surface area contributed by atoms with Crippen LogP contribution in [0.3, 0.4) is 0 Å². The minimum absolute atomic E-state index is 0.0222. The molecular formula is C17H23NO7S. The maximum absolute atomic E-state index is 13.0. The van der Waals surface area contributed by atoms with Crippen molar-refractivity contribution in [3.63, 3.8) is 0 Å². The first-order chi connectivity index (χ1) is 12.3. The van der Waals surface area contributed by atoms with E-state index in [2.05, 4.69) is 0 Å². The first kappa shape index (κ1) is 18.9. The van der Waals surface area contributed by atoms with Gasteiger partial charge in [-0.15, -0.1) is 0 Å². The van der Waals surface area contributed by atoms with E-state index in [1.165, 1.54) is 18.2 Å². The number of sulfonamides is 1. The fraction of sp³-hybridized carbons (Fsp3) is 0.588. The van der Waals surface area contributed by atoms with E-state index in [9.17, 15) is 23.4 Å². The first-order valence-electron chi connectivity index (χ1n) is 8.62. The Morgan fingerprint density at radius 2 is 2.00 bits per heavy atom. The highest BCUT2D eigenvalue weighted by molar-refractivity contribution is 7.89. The minimum Gasteiger partial charge on any atom is -0.486 e. The Morgan fingerprint density at radius 3 is 2.65 bits per heavy atom. The summed E-state index contributed by atoms with van der Waals surface area (Å²) in [5.41, 5.74) is -1.49. The average molecular weight is 385 g/mol. The number of benzene rings is 1. The zero-order valence-electron chi connectivity index (χ0n) is 14.6. The Balaban J connectivity index is 1.93. The summed E-state index contributed by atoms with van der Waals surface area (Å²) in [6.07, 6.45) is -0.264. The topological polar surface area (TPSA) is 113 Å². The van der Waals surface area contributed by atoms with E-state index in [0.717, 1.165) is 4.31 Å². The molecule has 0 aromatic heterocycles. The predicted octanol–water partition coefficient (Wildman–Crippen LogP) is 1.08. The predicted molar refractivity (Wildman–Crippen MR) is 91.8 cm³/mol. The third kappa shape index (κ3) is 3.15. The van der Waals surface area contributed by atoms with Crippen LogP contribution in [0.2, 0.25) is 0 Å². The maximum Gasteiger partial charge on any atom is 0.313 e. The zero-order valence-corrected chi connectivity index (χ0v) is 15.4. The molecule has 0 saturated carbocycles. The molecule has 8 nitrogen and oxygen atoms in total. The summed E-state index contributed by atoms with van der Waals surface area (Å²) >= 11 is 0. The largest absolute Gasteiger partial charge is 0.486 e. The molecule has 2 atom stereocenters. The molecule has 2 aliphatic rings. The summed E-state index contributed by atoms with van der Waals surface area (Å²) in [5.74, 6) is -0.337. The van der Waals surface area contributed by atoms with Gasteiger partial charge in [0.2, 0.25) is 10.0 Å². The molecule has 2 heterocycles. The zero-order chi connectivity index (χ0) is 18.9. The lowest BCUT2D eigenvalue weighted by atomic mass is 9.74. The van der Waals surface area contributed by atoms with Crippen molar-refractivity contribution in [1.29, 1.82) is 0 Å². The molecular weight excluding hydrogens is 362 g/mol. The summed E-state index contributed by atoms with van der Waals surface area (Å²) in [6.45, 7) is 2.36. The number of carboxylic acids is 1. The summed E-state index contributed by atoms with van der Waals surface area (Å²) in [5, 5.41) is 20.0. The van der Waals surface area contributed by atoms with Crippen molar-refractivity contribution in [1.82, 2.24) is 4.31 Å². The molecule has 144 valence electrons. The van der Waals surface area contributed by atoms with Crippen molar-refractivity contribution in [3.05, 3.63) is 18.2 Å². The molecule has 2 aliphatic heterocycles. The lowest BCUT2D eigenvalue weighted by Gasteiger charge is -2.42. The number of fused-ring (bicyclic) bond motifs is 1. The van der Waals surface area contributed by atoms with Crippen molar-refractivity contribution >= 4 is 16.0 Å². The molecule has 1 fully saturated rings. The van der Waals surface area contributed by atoms with E-state index >= 15 is 0 Å². The van der Waals surface area contributed by atoms with Gasteiger partial charge in [0, 0.05) is 19.2 Å². The van der Waals surface area contributed by atoms with Gasteiger partial charge in [-0.05, 0) is 25.0 Å². The molecule has 3 rings (SSSR count). The van der Waals surface area contributed by atoms with Crippen molar-refractivity contribution < 1.29 is 32.9 Å². The van der Waals surface area contributed by atoms with Crippen molar-refractivity contribution in [2.75, 3.05) is 26.3 Å². The quantitative estimate of drug-likeness (QED) is 0.780. The van der Waals surface area contributed by atoms with Crippen LogP contribution in [0, 0.1) is 5.41 Å². The van der Waals surface area contributed by atoms with Gasteiger partial charge in [-0.2, -0.15) is 4.31 Å². The lowest BCUT2D eigenvalue weighted by molar-refractivity contribution is -0.161. The van der Waals surface area contributed by atoms with E-state index in [0.29, 0.717) is 31.1 Å². The SMILES string of the molecule is CCC[C@@]1(C(=O)O)CN(S(=O)(=O)c2ccc3c(c2)OCCO3)CC[C@H]1O. The molecule has 0 bridgehead atoms. The first-order valence-corrected chi connectivity index (χ1v) is 10.1. The lowest BCUT2D eigenvalue weighted by Crippen LogP contribution is -2.57. The van der Waals surface area contributed by atoms with E-state index in [4.69, 9.17) is 9.47 Å². The number of carboxylic acid groups (broad SMARTS) is 1. The molecule has 1 aromatic rings. The van der Waals surface area contributed by atoms with Gasteiger partial charge in [0.25, 0.3) is 0 Å². The van der Waals surface area contributed by atoms with Crippen LogP contribution >= 0.6 is 0 Å². The van der Waals surface area contributed by atoms with Gasteiger partial charge in [0.05, 0.1) is 11.0 Å². The van der Waals surface area contributed by atoms with E-state index in [1.807, 2.05) is 6.92 Å². The van der Waals surface area contributed by atoms with Gasteiger partial charge < -0.3 is 19.7 Å². The van der Waals surface area contributed by atoms with Gasteiger partial charge in [-0.3, -0.25) is 4.79 Å². The number of piperidine rings is 1. The number of nitrogens with zero attached hydrogens (tertiary/aromatic N) is 1. The Labute approximate surface area is 152 Å². The van der Waals surface area contributed by atoms with Gasteiger partial charge in [0.1, 0.15) is 18.6 Å². The number of hydrogen-bond donors (Lipinski definition) is 2. The highest BCUT2D eigenvalue weighted by Gasteiger charge is 2.51. The molecule has 0 radical (unpaired) electrons. The number of rotatable bonds is 5. The second-order valence-electron chi connectivity index (χ2n) is 6.66. The third-order valence-electron chi connectivity index (χ3n) is 5.02. The Hall–Kier alpha value is -1.84. The fourth-order valence-corrected chi connectivity index (χ4v) is 5.13. The van der Waals surface area contributed by atoms with Crippen LogP contribution in [0.1, 0.15) is 26.2 Å². The second-order valence-corrected chi connectivity index (χ2v) is 8.60. The van der Waals surface area contributed by atoms with Crippen LogP contribution in [0.5, 0.6) is 11.5 Å². The normalized spacial score (nSPS) is 26.5. The molecule has 0 spiro atoms. The molecule has 9 heteroatoms. The van der Waals surface area contributed by atoms with Crippen molar-refractivity contribution in [2.24, 2.45) is 5.41 Å². The van der Waals surface area contributed by atoms with Gasteiger partial charge in [0.15, 0.2) is 11.5 Å². The number of ether oxygens (including phenoxy) is 2. The fourth-order valence-electron chi connectivity index (χ4n) is 3.59. The van der Waals surface area contributed by atoms with Crippen LogP contribution in [0.15, 0.2) is 23.1 Å². The minimum atomic E-state index is -3.92. The summed E-state index contributed by atoms with van der Waals surface area (Å²) in [6, 6.07) is 4.37. The summed E-state index contributed by atoms with van der Waals surface area (Å²) < 4.78 is 38.1. The Morgan fingerprint density at radius 1 is 1.31 bits per heavy atom. The molecule has 0 amide bonds. The number of carbonyl (C=O) groups is 1. The van der Waals surface area contributed by atoms with Crippen molar-refractivity contribution in [3.8, 4) is 11.5 Å². The molecule has 26 heavy (non-hydrogen) atoms. The van der Waals surface area contributed by atoms with Crippen LogP contribution in [0.25, 0.3) is 0 Å². The molecule has 2 N–H and O–H groups in total.